The molecule has 0 aliphatic carbocycles. The summed E-state index contributed by atoms with van der Waals surface area (Å²) in [5.41, 5.74) is 2.16. The van der Waals surface area contributed by atoms with E-state index in [2.05, 4.69) is 15.2 Å². The zero-order valence-electron chi connectivity index (χ0n) is 22.5. The minimum atomic E-state index is -0.187. The number of benzene rings is 2. The predicted octanol–water partition coefficient (Wildman–Crippen LogP) is 4.83. The van der Waals surface area contributed by atoms with Crippen molar-refractivity contribution in [1.29, 1.82) is 0 Å². The number of nitrogens with one attached hydrogen (secondary N) is 1. The number of fused-ring (bicyclic) bond motifs is 1. The van der Waals surface area contributed by atoms with Gasteiger partial charge < -0.3 is 14.1 Å². The van der Waals surface area contributed by atoms with Gasteiger partial charge in [0.15, 0.2) is 5.76 Å². The second-order valence-electron chi connectivity index (χ2n) is 10.2. The number of thioether (sulfide) groups is 1. The van der Waals surface area contributed by atoms with Crippen LogP contribution < -0.4 is 15.5 Å². The van der Waals surface area contributed by atoms with Crippen LogP contribution in [0.25, 0.3) is 22.3 Å². The van der Waals surface area contributed by atoms with Crippen molar-refractivity contribution in [2.75, 3.05) is 45.1 Å². The van der Waals surface area contributed by atoms with Gasteiger partial charge in [-0.3, -0.25) is 24.8 Å². The molecular weight excluding hydrogens is 560 g/mol. The number of rotatable bonds is 8. The molecule has 2 fully saturated rings. The SMILES string of the molecule is O=C(C1CSC(c2cccnc2)N1)N1CCN(CCCOc2c(-c3ccc(Cl)cc3)oc3ccccc3c2=O)CC1. The zero-order chi connectivity index (χ0) is 28.2. The van der Waals surface area contributed by atoms with E-state index < -0.39 is 0 Å². The maximum absolute atomic E-state index is 13.3. The van der Waals surface area contributed by atoms with Gasteiger partial charge in [-0.1, -0.05) is 29.8 Å². The summed E-state index contributed by atoms with van der Waals surface area (Å²) in [5.74, 6) is 1.55. The van der Waals surface area contributed by atoms with Crippen molar-refractivity contribution in [3.63, 3.8) is 0 Å². The van der Waals surface area contributed by atoms with Crippen LogP contribution in [0, 0.1) is 0 Å². The summed E-state index contributed by atoms with van der Waals surface area (Å²) in [7, 11) is 0. The number of piperazine rings is 1. The van der Waals surface area contributed by atoms with Gasteiger partial charge >= 0.3 is 0 Å². The number of ether oxygens (including phenoxy) is 1. The first-order valence-corrected chi connectivity index (χ1v) is 15.2. The van der Waals surface area contributed by atoms with Crippen LogP contribution in [0.1, 0.15) is 17.4 Å². The highest BCUT2D eigenvalue weighted by atomic mass is 35.5. The lowest BCUT2D eigenvalue weighted by atomic mass is 10.1. The molecule has 10 heteroatoms. The fraction of sp³-hybridized carbons (Fsp3) is 0.323. The Kier molecular flexibility index (Phi) is 8.57. The van der Waals surface area contributed by atoms with Crippen LogP contribution in [-0.2, 0) is 4.79 Å². The third-order valence-corrected chi connectivity index (χ3v) is 9.00. The van der Waals surface area contributed by atoms with Crippen LogP contribution in [0.2, 0.25) is 5.02 Å². The molecule has 0 spiro atoms. The molecule has 41 heavy (non-hydrogen) atoms. The van der Waals surface area contributed by atoms with E-state index in [1.807, 2.05) is 47.5 Å². The van der Waals surface area contributed by atoms with Gasteiger partial charge in [0.05, 0.1) is 23.4 Å². The van der Waals surface area contributed by atoms with E-state index >= 15 is 0 Å². The highest BCUT2D eigenvalue weighted by Gasteiger charge is 2.34. The van der Waals surface area contributed by atoms with Crippen molar-refractivity contribution in [3.05, 3.63) is 93.9 Å². The van der Waals surface area contributed by atoms with Crippen LogP contribution in [0.5, 0.6) is 5.75 Å². The molecule has 0 saturated carbocycles. The monoisotopic (exact) mass is 590 g/mol. The Morgan fingerprint density at radius 1 is 1.07 bits per heavy atom. The average Bonchev–Trinajstić information content (AvgIpc) is 3.51. The van der Waals surface area contributed by atoms with E-state index in [4.69, 9.17) is 20.8 Å². The van der Waals surface area contributed by atoms with Gasteiger partial charge in [-0.2, -0.15) is 0 Å². The number of nitrogens with zero attached hydrogens (tertiary/aromatic N) is 3. The highest BCUT2D eigenvalue weighted by molar-refractivity contribution is 7.99. The summed E-state index contributed by atoms with van der Waals surface area (Å²) < 4.78 is 12.2. The minimum absolute atomic E-state index is 0.101. The summed E-state index contributed by atoms with van der Waals surface area (Å²) >= 11 is 7.83. The second-order valence-corrected chi connectivity index (χ2v) is 11.8. The van der Waals surface area contributed by atoms with Crippen molar-refractivity contribution in [2.45, 2.75) is 17.8 Å². The second kappa shape index (κ2) is 12.7. The van der Waals surface area contributed by atoms with Crippen molar-refractivity contribution in [2.24, 2.45) is 0 Å². The molecule has 2 unspecified atom stereocenters. The smallest absolute Gasteiger partial charge is 0.240 e. The van der Waals surface area contributed by atoms with Crippen LogP contribution in [-0.4, -0.2) is 71.8 Å². The fourth-order valence-electron chi connectivity index (χ4n) is 5.26. The molecule has 4 heterocycles. The first-order chi connectivity index (χ1) is 20.1. The normalized spacial score (nSPS) is 19.5. The average molecular weight is 591 g/mol. The van der Waals surface area contributed by atoms with E-state index in [1.165, 1.54) is 0 Å². The molecule has 212 valence electrons. The summed E-state index contributed by atoms with van der Waals surface area (Å²) in [4.78, 5) is 35.0. The van der Waals surface area contributed by atoms with Crippen molar-refractivity contribution in [3.8, 4) is 17.1 Å². The molecule has 1 amide bonds. The first-order valence-electron chi connectivity index (χ1n) is 13.8. The van der Waals surface area contributed by atoms with Gasteiger partial charge in [-0.15, -0.1) is 11.8 Å². The Hall–Kier alpha value is -3.37. The largest absolute Gasteiger partial charge is 0.486 e. The molecule has 2 aliphatic heterocycles. The molecule has 2 aromatic carbocycles. The number of hydrogen-bond acceptors (Lipinski definition) is 8. The number of hydrogen-bond donors (Lipinski definition) is 1. The fourth-order valence-corrected chi connectivity index (χ4v) is 6.60. The summed E-state index contributed by atoms with van der Waals surface area (Å²) in [5, 5.41) is 4.66. The quantitative estimate of drug-likeness (QED) is 0.292. The van der Waals surface area contributed by atoms with Gasteiger partial charge in [0.2, 0.25) is 17.1 Å². The van der Waals surface area contributed by atoms with E-state index in [-0.39, 0.29) is 28.5 Å². The minimum Gasteiger partial charge on any atom is -0.486 e. The molecule has 0 bridgehead atoms. The van der Waals surface area contributed by atoms with E-state index in [0.29, 0.717) is 41.4 Å². The number of carbonyl (C=O) groups is 1. The Morgan fingerprint density at radius 3 is 2.66 bits per heavy atom. The van der Waals surface area contributed by atoms with Gasteiger partial charge in [-0.05, 0) is 54.4 Å². The third-order valence-electron chi connectivity index (χ3n) is 7.48. The molecule has 6 rings (SSSR count). The van der Waals surface area contributed by atoms with Gasteiger partial charge in [-0.25, -0.2) is 0 Å². The molecule has 2 aliphatic rings. The summed E-state index contributed by atoms with van der Waals surface area (Å²) in [6.45, 7) is 4.22. The third kappa shape index (κ3) is 6.28. The van der Waals surface area contributed by atoms with Crippen molar-refractivity contribution < 1.29 is 13.9 Å². The lowest BCUT2D eigenvalue weighted by molar-refractivity contribution is -0.134. The summed E-state index contributed by atoms with van der Waals surface area (Å²) in [6.07, 6.45) is 4.36. The Balaban J connectivity index is 1.02. The van der Waals surface area contributed by atoms with Crippen LogP contribution in [0.15, 0.2) is 82.3 Å². The molecule has 2 aromatic heterocycles. The predicted molar refractivity (Wildman–Crippen MR) is 162 cm³/mol. The van der Waals surface area contributed by atoms with Gasteiger partial charge in [0.25, 0.3) is 0 Å². The number of halogens is 1. The number of carbonyl (C=O) groups excluding carboxylic acids is 1. The number of para-hydroxylation sites is 1. The maximum Gasteiger partial charge on any atom is 0.240 e. The van der Waals surface area contributed by atoms with Crippen molar-refractivity contribution in [1.82, 2.24) is 20.1 Å². The molecule has 8 nitrogen and oxygen atoms in total. The van der Waals surface area contributed by atoms with Gasteiger partial charge in [0.1, 0.15) is 5.58 Å². The Bertz CT molecular complexity index is 1560. The molecular formula is C31H31ClN4O4S. The van der Waals surface area contributed by atoms with E-state index in [1.54, 1.807) is 42.2 Å². The number of pyridine rings is 1. The Labute approximate surface area is 247 Å². The highest BCUT2D eigenvalue weighted by Crippen LogP contribution is 2.33. The Morgan fingerprint density at radius 2 is 1.88 bits per heavy atom. The molecule has 4 aromatic rings. The van der Waals surface area contributed by atoms with Crippen molar-refractivity contribution >= 4 is 40.2 Å². The van der Waals surface area contributed by atoms with Crippen LogP contribution >= 0.6 is 23.4 Å². The molecule has 2 atom stereocenters. The topological polar surface area (TPSA) is 87.9 Å². The zero-order valence-corrected chi connectivity index (χ0v) is 24.1. The van der Waals surface area contributed by atoms with Crippen LogP contribution in [0.3, 0.4) is 0 Å². The molecule has 2 saturated heterocycles. The standard InChI is InChI=1S/C31H31ClN4O4S/c32-23-10-8-21(9-11-23)28-29(27(37)24-6-1-2-7-26(24)40-28)39-18-4-13-35-14-16-36(17-15-35)31(38)25-20-41-30(34-25)22-5-3-12-33-19-22/h1-3,5-12,19,25,30,34H,4,13-18,20H2. The number of amides is 1. The molecule has 0 radical (unpaired) electrons. The maximum atomic E-state index is 13.3. The lowest BCUT2D eigenvalue weighted by Gasteiger charge is -2.36. The summed E-state index contributed by atoms with van der Waals surface area (Å²) in [6, 6.07) is 18.2. The first kappa shape index (κ1) is 27.8. The van der Waals surface area contributed by atoms with Crippen LogP contribution in [0.4, 0.5) is 0 Å². The van der Waals surface area contributed by atoms with E-state index in [9.17, 15) is 9.59 Å². The lowest BCUT2D eigenvalue weighted by Crippen LogP contribution is -2.53. The van der Waals surface area contributed by atoms with E-state index in [0.717, 1.165) is 42.9 Å². The van der Waals surface area contributed by atoms with Gasteiger partial charge in [0, 0.05) is 61.5 Å². The molecule has 1 N–H and O–H groups in total. The number of aromatic nitrogens is 1.